The van der Waals surface area contributed by atoms with Crippen molar-refractivity contribution in [2.75, 3.05) is 19.3 Å². The van der Waals surface area contributed by atoms with Crippen LogP contribution in [0.5, 0.6) is 0 Å². The lowest BCUT2D eigenvalue weighted by molar-refractivity contribution is 0.458. The first-order chi connectivity index (χ1) is 9.16. The topological polar surface area (TPSA) is 63.2 Å². The fraction of sp³-hybridized carbons (Fsp3) is 0.714. The van der Waals surface area contributed by atoms with Crippen LogP contribution in [-0.4, -0.2) is 42.0 Å². The second kappa shape index (κ2) is 5.41. The van der Waals surface area contributed by atoms with Crippen LogP contribution < -0.4 is 0 Å². The molecule has 0 bridgehead atoms. The van der Waals surface area contributed by atoms with Crippen LogP contribution in [0.2, 0.25) is 0 Å². The third kappa shape index (κ3) is 3.76. The second-order valence-electron chi connectivity index (χ2n) is 6.62. The summed E-state index contributed by atoms with van der Waals surface area (Å²) in [5, 5.41) is 0. The molecule has 1 atom stereocenters. The van der Waals surface area contributed by atoms with Crippen molar-refractivity contribution < 1.29 is 8.42 Å². The van der Waals surface area contributed by atoms with E-state index in [4.69, 9.17) is 0 Å². The Morgan fingerprint density at radius 2 is 2.05 bits per heavy atom. The van der Waals surface area contributed by atoms with Crippen LogP contribution in [0, 0.1) is 5.92 Å². The van der Waals surface area contributed by atoms with Crippen molar-refractivity contribution in [1.29, 1.82) is 0 Å². The molecule has 1 fully saturated rings. The molecule has 1 unspecified atom stereocenters. The van der Waals surface area contributed by atoms with E-state index in [0.29, 0.717) is 19.0 Å². The molecule has 5 nitrogen and oxygen atoms in total. The fourth-order valence-electron chi connectivity index (χ4n) is 2.48. The van der Waals surface area contributed by atoms with Crippen LogP contribution in [0.15, 0.2) is 12.4 Å². The molecule has 1 saturated heterocycles. The molecule has 112 valence electrons. The average Bonchev–Trinajstić information content (AvgIpc) is 2.76. The van der Waals surface area contributed by atoms with Crippen LogP contribution in [0.25, 0.3) is 0 Å². The van der Waals surface area contributed by atoms with Crippen LogP contribution in [0.4, 0.5) is 0 Å². The standard InChI is InChI=1S/C14H23N3O2S/c1-14(2,3)13-8-12(15-10-16-13)7-11-5-6-17(9-11)20(4,18)19/h8,10-11H,5-7,9H2,1-4H3. The van der Waals surface area contributed by atoms with Crippen molar-refractivity contribution in [3.63, 3.8) is 0 Å². The molecule has 0 aliphatic carbocycles. The smallest absolute Gasteiger partial charge is 0.211 e. The predicted octanol–water partition coefficient (Wildman–Crippen LogP) is 1.60. The third-order valence-electron chi connectivity index (χ3n) is 3.71. The molecule has 1 aliphatic heterocycles. The van der Waals surface area contributed by atoms with Gasteiger partial charge in [-0.3, -0.25) is 0 Å². The molecule has 6 heteroatoms. The van der Waals surface area contributed by atoms with Gasteiger partial charge >= 0.3 is 0 Å². The summed E-state index contributed by atoms with van der Waals surface area (Å²) in [5.74, 6) is 0.354. The number of hydrogen-bond donors (Lipinski definition) is 0. The van der Waals surface area contributed by atoms with Gasteiger partial charge in [0.25, 0.3) is 0 Å². The van der Waals surface area contributed by atoms with Gasteiger partial charge < -0.3 is 0 Å². The summed E-state index contributed by atoms with van der Waals surface area (Å²) in [7, 11) is -3.06. The van der Waals surface area contributed by atoms with E-state index in [1.165, 1.54) is 6.26 Å². The first-order valence-corrected chi connectivity index (χ1v) is 8.77. The zero-order chi connectivity index (χ0) is 15.0. The highest BCUT2D eigenvalue weighted by Crippen LogP contribution is 2.24. The van der Waals surface area contributed by atoms with Crippen molar-refractivity contribution >= 4 is 10.0 Å². The molecule has 0 spiro atoms. The normalized spacial score (nSPS) is 21.3. The lowest BCUT2D eigenvalue weighted by Gasteiger charge is -2.18. The lowest BCUT2D eigenvalue weighted by Crippen LogP contribution is -2.27. The molecule has 1 aliphatic rings. The van der Waals surface area contributed by atoms with E-state index in [0.717, 1.165) is 24.2 Å². The fourth-order valence-corrected chi connectivity index (χ4v) is 3.40. The Hall–Kier alpha value is -1.01. The van der Waals surface area contributed by atoms with Crippen LogP contribution in [0.3, 0.4) is 0 Å². The molecule has 0 amide bonds. The zero-order valence-corrected chi connectivity index (χ0v) is 13.4. The Morgan fingerprint density at radius 3 is 2.60 bits per heavy atom. The number of nitrogens with zero attached hydrogens (tertiary/aromatic N) is 3. The highest BCUT2D eigenvalue weighted by Gasteiger charge is 2.29. The summed E-state index contributed by atoms with van der Waals surface area (Å²) in [6.45, 7) is 7.61. The summed E-state index contributed by atoms with van der Waals surface area (Å²) in [5.41, 5.74) is 2.04. The molecule has 0 radical (unpaired) electrons. The van der Waals surface area contributed by atoms with Crippen LogP contribution in [0.1, 0.15) is 38.6 Å². The van der Waals surface area contributed by atoms with E-state index in [1.54, 1.807) is 10.6 Å². The highest BCUT2D eigenvalue weighted by molar-refractivity contribution is 7.88. The first-order valence-electron chi connectivity index (χ1n) is 6.93. The SMILES string of the molecule is CC(C)(C)c1cc(CC2CCN(S(C)(=O)=O)C2)ncn1. The number of rotatable bonds is 3. The minimum atomic E-state index is -3.06. The van der Waals surface area contributed by atoms with Crippen LogP contribution >= 0.6 is 0 Å². The Morgan fingerprint density at radius 1 is 1.35 bits per heavy atom. The minimum absolute atomic E-state index is 0.00611. The quantitative estimate of drug-likeness (QED) is 0.850. The largest absolute Gasteiger partial charge is 0.241 e. The number of aromatic nitrogens is 2. The predicted molar refractivity (Wildman–Crippen MR) is 79.0 cm³/mol. The van der Waals surface area contributed by atoms with Crippen LogP contribution in [-0.2, 0) is 21.9 Å². The van der Waals surface area contributed by atoms with Crippen molar-refractivity contribution in [2.24, 2.45) is 5.92 Å². The van der Waals surface area contributed by atoms with Gasteiger partial charge in [-0.05, 0) is 24.8 Å². The van der Waals surface area contributed by atoms with Gasteiger partial charge in [-0.1, -0.05) is 20.8 Å². The molecule has 1 aromatic heterocycles. The summed E-state index contributed by atoms with van der Waals surface area (Å²) >= 11 is 0. The molecule has 20 heavy (non-hydrogen) atoms. The molecule has 2 rings (SSSR count). The lowest BCUT2D eigenvalue weighted by atomic mass is 9.90. The van der Waals surface area contributed by atoms with E-state index >= 15 is 0 Å². The Balaban J connectivity index is 2.05. The molecule has 0 aromatic carbocycles. The Kier molecular flexibility index (Phi) is 4.16. The summed E-state index contributed by atoms with van der Waals surface area (Å²) < 4.78 is 24.6. The van der Waals surface area contributed by atoms with Gasteiger partial charge in [-0.15, -0.1) is 0 Å². The van der Waals surface area contributed by atoms with E-state index < -0.39 is 10.0 Å². The van der Waals surface area contributed by atoms with Gasteiger partial charge in [-0.25, -0.2) is 22.7 Å². The molecule has 0 saturated carbocycles. The van der Waals surface area contributed by atoms with Gasteiger partial charge in [0.1, 0.15) is 6.33 Å². The van der Waals surface area contributed by atoms with E-state index in [9.17, 15) is 8.42 Å². The first kappa shape index (κ1) is 15.4. The van der Waals surface area contributed by atoms with E-state index in [2.05, 4.69) is 30.7 Å². The summed E-state index contributed by atoms with van der Waals surface area (Å²) in [6.07, 6.45) is 4.61. The summed E-state index contributed by atoms with van der Waals surface area (Å²) in [6, 6.07) is 2.04. The van der Waals surface area contributed by atoms with Crippen molar-refractivity contribution in [3.05, 3.63) is 23.8 Å². The van der Waals surface area contributed by atoms with Gasteiger partial charge in [0.2, 0.25) is 10.0 Å². The van der Waals surface area contributed by atoms with E-state index in [-0.39, 0.29) is 5.41 Å². The van der Waals surface area contributed by atoms with E-state index in [1.807, 2.05) is 6.07 Å². The Bertz CT molecular complexity index is 578. The number of sulfonamides is 1. The maximum atomic E-state index is 11.5. The maximum Gasteiger partial charge on any atom is 0.211 e. The molecule has 1 aromatic rings. The van der Waals surface area contributed by atoms with Crippen molar-refractivity contribution in [1.82, 2.24) is 14.3 Å². The maximum absolute atomic E-state index is 11.5. The van der Waals surface area contributed by atoms with Gasteiger partial charge in [0.05, 0.1) is 6.26 Å². The van der Waals surface area contributed by atoms with Gasteiger partial charge in [-0.2, -0.15) is 0 Å². The van der Waals surface area contributed by atoms with Gasteiger partial charge in [0, 0.05) is 29.9 Å². The third-order valence-corrected chi connectivity index (χ3v) is 4.98. The molecular weight excluding hydrogens is 274 g/mol. The highest BCUT2D eigenvalue weighted by atomic mass is 32.2. The minimum Gasteiger partial charge on any atom is -0.241 e. The average molecular weight is 297 g/mol. The molecule has 0 N–H and O–H groups in total. The monoisotopic (exact) mass is 297 g/mol. The summed E-state index contributed by atoms with van der Waals surface area (Å²) in [4.78, 5) is 8.65. The molecular formula is C14H23N3O2S. The second-order valence-corrected chi connectivity index (χ2v) is 8.61. The van der Waals surface area contributed by atoms with Crippen molar-refractivity contribution in [2.45, 2.75) is 39.0 Å². The zero-order valence-electron chi connectivity index (χ0n) is 12.6. The van der Waals surface area contributed by atoms with Gasteiger partial charge in [0.15, 0.2) is 0 Å². The van der Waals surface area contributed by atoms with Crippen molar-refractivity contribution in [3.8, 4) is 0 Å². The molecule has 2 heterocycles. The Labute approximate surface area is 121 Å². The number of hydrogen-bond acceptors (Lipinski definition) is 4.